The molecule has 3 aromatic rings. The molecule has 100 valence electrons. The number of thiophene rings is 1. The quantitative estimate of drug-likeness (QED) is 0.591. The molecule has 0 radical (unpaired) electrons. The first-order chi connectivity index (χ1) is 9.72. The number of aromatic amines is 1. The number of H-pyrrole nitrogens is 1. The molecule has 1 aromatic carbocycles. The number of anilines is 1. The summed E-state index contributed by atoms with van der Waals surface area (Å²) in [5, 5.41) is 3.08. The van der Waals surface area contributed by atoms with E-state index in [1.54, 1.807) is 11.3 Å². The molecular weight excluding hydrogens is 338 g/mol. The van der Waals surface area contributed by atoms with Gasteiger partial charge in [0.05, 0.1) is 8.66 Å². The molecule has 0 spiro atoms. The highest BCUT2D eigenvalue weighted by molar-refractivity contribution is 9.11. The molecule has 0 saturated heterocycles. The van der Waals surface area contributed by atoms with Crippen molar-refractivity contribution in [1.82, 2.24) is 4.98 Å². The Hall–Kier alpha value is -1.86. The van der Waals surface area contributed by atoms with Gasteiger partial charge in [0, 0.05) is 0 Å². The van der Waals surface area contributed by atoms with E-state index < -0.39 is 0 Å². The number of hydrogen-bond acceptors (Lipinski definition) is 4. The van der Waals surface area contributed by atoms with E-state index in [0.29, 0.717) is 5.96 Å². The number of aliphatic imine (C=N–C) groups is 1. The molecule has 4 N–H and O–H groups in total. The Balaban J connectivity index is 1.98. The van der Waals surface area contributed by atoms with Gasteiger partial charge in [0.2, 0.25) is 6.17 Å². The van der Waals surface area contributed by atoms with Crippen molar-refractivity contribution in [1.29, 1.82) is 0 Å². The normalized spacial score (nSPS) is 17.6. The Bertz CT molecular complexity index is 834. The van der Waals surface area contributed by atoms with Crippen molar-refractivity contribution in [2.24, 2.45) is 10.7 Å². The average molecular weight is 349 g/mol. The zero-order valence-corrected chi connectivity index (χ0v) is 12.7. The van der Waals surface area contributed by atoms with Crippen LogP contribution in [0.3, 0.4) is 0 Å². The smallest absolute Gasteiger partial charge is 0.357 e. The van der Waals surface area contributed by atoms with Crippen LogP contribution in [0.2, 0.25) is 0 Å². The number of nitrogens with two attached hydrogens (primary N) is 1. The summed E-state index contributed by atoms with van der Waals surface area (Å²) < 4.78 is 3.21. The Morgan fingerprint density at radius 3 is 2.90 bits per heavy atom. The highest BCUT2D eigenvalue weighted by Crippen LogP contribution is 2.31. The SMILES string of the molecule is NC1=N[C@@H](c2ccc(Br)s2)[n+]2c([nH]c3ccccc32)N1. The van der Waals surface area contributed by atoms with Crippen molar-refractivity contribution >= 4 is 50.2 Å². The summed E-state index contributed by atoms with van der Waals surface area (Å²) in [6.45, 7) is 0. The van der Waals surface area contributed by atoms with E-state index in [2.05, 4.69) is 47.9 Å². The van der Waals surface area contributed by atoms with Crippen LogP contribution in [0.1, 0.15) is 11.0 Å². The highest BCUT2D eigenvalue weighted by Gasteiger charge is 2.31. The Morgan fingerprint density at radius 1 is 1.25 bits per heavy atom. The first-order valence-corrected chi connectivity index (χ1v) is 7.71. The fourth-order valence-corrected chi connectivity index (χ4v) is 3.90. The number of nitrogens with one attached hydrogen (secondary N) is 2. The fourth-order valence-electron chi connectivity index (χ4n) is 2.44. The first kappa shape index (κ1) is 11.9. The lowest BCUT2D eigenvalue weighted by Crippen LogP contribution is -2.47. The largest absolute Gasteiger partial charge is 0.365 e. The third-order valence-corrected chi connectivity index (χ3v) is 4.92. The van der Waals surface area contributed by atoms with Gasteiger partial charge in [0.25, 0.3) is 5.96 Å². The summed E-state index contributed by atoms with van der Waals surface area (Å²) >= 11 is 5.16. The van der Waals surface area contributed by atoms with Crippen LogP contribution in [0.15, 0.2) is 45.2 Å². The summed E-state index contributed by atoms with van der Waals surface area (Å²) in [5.74, 6) is 1.28. The predicted octanol–water partition coefficient (Wildman–Crippen LogP) is 2.57. The van der Waals surface area contributed by atoms with Gasteiger partial charge in [-0.2, -0.15) is 9.56 Å². The molecule has 0 saturated carbocycles. The molecule has 4 rings (SSSR count). The molecule has 0 bridgehead atoms. The summed E-state index contributed by atoms with van der Waals surface area (Å²) in [6, 6.07) is 12.2. The van der Waals surface area contributed by atoms with Crippen LogP contribution < -0.4 is 15.6 Å². The van der Waals surface area contributed by atoms with Crippen molar-refractivity contribution in [2.75, 3.05) is 5.32 Å². The summed E-state index contributed by atoms with van der Waals surface area (Å²) in [6.07, 6.45) is -0.140. The molecule has 0 unspecified atom stereocenters. The molecule has 3 heterocycles. The maximum atomic E-state index is 5.90. The molecule has 1 aliphatic heterocycles. The lowest BCUT2D eigenvalue weighted by Gasteiger charge is -2.16. The summed E-state index contributed by atoms with van der Waals surface area (Å²) in [4.78, 5) is 9.02. The van der Waals surface area contributed by atoms with E-state index >= 15 is 0 Å². The average Bonchev–Trinajstić information content (AvgIpc) is 3.00. The van der Waals surface area contributed by atoms with Gasteiger partial charge in [0.15, 0.2) is 0 Å². The number of benzene rings is 1. The Labute approximate surface area is 127 Å². The molecule has 20 heavy (non-hydrogen) atoms. The van der Waals surface area contributed by atoms with Crippen molar-refractivity contribution in [2.45, 2.75) is 6.17 Å². The van der Waals surface area contributed by atoms with Gasteiger partial charge in [-0.15, -0.1) is 11.3 Å². The van der Waals surface area contributed by atoms with Gasteiger partial charge in [-0.25, -0.2) is 10.3 Å². The molecule has 0 amide bonds. The summed E-state index contributed by atoms with van der Waals surface area (Å²) in [5.41, 5.74) is 8.06. The second-order valence-electron chi connectivity index (χ2n) is 4.52. The monoisotopic (exact) mass is 348 g/mol. The van der Waals surface area contributed by atoms with E-state index in [1.165, 1.54) is 0 Å². The molecule has 5 nitrogen and oxygen atoms in total. The van der Waals surface area contributed by atoms with Gasteiger partial charge >= 0.3 is 5.95 Å². The van der Waals surface area contributed by atoms with Crippen molar-refractivity contribution in [3.63, 3.8) is 0 Å². The summed E-state index contributed by atoms with van der Waals surface area (Å²) in [7, 11) is 0. The van der Waals surface area contributed by atoms with Gasteiger partial charge in [-0.3, -0.25) is 0 Å². The van der Waals surface area contributed by atoms with E-state index in [1.807, 2.05) is 24.3 Å². The van der Waals surface area contributed by atoms with Crippen LogP contribution >= 0.6 is 27.3 Å². The van der Waals surface area contributed by atoms with Gasteiger partial charge < -0.3 is 5.73 Å². The predicted molar refractivity (Wildman–Crippen MR) is 83.9 cm³/mol. The zero-order valence-electron chi connectivity index (χ0n) is 10.3. The number of hydrogen-bond donors (Lipinski definition) is 3. The zero-order chi connectivity index (χ0) is 13.7. The van der Waals surface area contributed by atoms with E-state index in [4.69, 9.17) is 5.73 Å². The number of imidazole rings is 1. The van der Waals surface area contributed by atoms with Crippen LogP contribution in [0.25, 0.3) is 11.0 Å². The number of fused-ring (bicyclic) bond motifs is 3. The minimum atomic E-state index is -0.140. The maximum Gasteiger partial charge on any atom is 0.365 e. The molecule has 2 aromatic heterocycles. The van der Waals surface area contributed by atoms with Crippen LogP contribution in [0.4, 0.5) is 5.95 Å². The second-order valence-corrected chi connectivity index (χ2v) is 7.01. The number of rotatable bonds is 1. The third kappa shape index (κ3) is 1.74. The molecule has 0 fully saturated rings. The Morgan fingerprint density at radius 2 is 2.10 bits per heavy atom. The minimum absolute atomic E-state index is 0.140. The second kappa shape index (κ2) is 4.32. The molecule has 0 aliphatic carbocycles. The molecule has 1 atom stereocenters. The number of halogens is 1. The minimum Gasteiger partial charge on any atom is -0.357 e. The van der Waals surface area contributed by atoms with E-state index in [-0.39, 0.29) is 6.17 Å². The van der Waals surface area contributed by atoms with Crippen LogP contribution in [0, 0.1) is 0 Å². The third-order valence-electron chi connectivity index (χ3n) is 3.26. The lowest BCUT2D eigenvalue weighted by atomic mass is 10.3. The number of guanidine groups is 1. The number of nitrogens with zero attached hydrogens (tertiary/aromatic N) is 2. The van der Waals surface area contributed by atoms with E-state index in [0.717, 1.165) is 25.6 Å². The molecular formula is C13H11BrN5S+. The number of para-hydroxylation sites is 2. The Kier molecular flexibility index (Phi) is 2.58. The maximum absolute atomic E-state index is 5.90. The van der Waals surface area contributed by atoms with Gasteiger partial charge in [-0.05, 0) is 40.2 Å². The highest BCUT2D eigenvalue weighted by atomic mass is 79.9. The fraction of sp³-hybridized carbons (Fsp3) is 0.0769. The molecule has 7 heteroatoms. The van der Waals surface area contributed by atoms with Gasteiger partial charge in [0.1, 0.15) is 11.0 Å². The van der Waals surface area contributed by atoms with Crippen LogP contribution in [-0.4, -0.2) is 10.9 Å². The number of aromatic nitrogens is 2. The van der Waals surface area contributed by atoms with E-state index in [9.17, 15) is 0 Å². The van der Waals surface area contributed by atoms with Crippen molar-refractivity contribution in [3.8, 4) is 0 Å². The van der Waals surface area contributed by atoms with Gasteiger partial charge in [-0.1, -0.05) is 12.1 Å². The standard InChI is InChI=1S/C13H10BrN5S/c14-10-6-5-9(20-10)11-17-12(15)18-13-16-7-3-1-2-4-8(7)19(11)13/h1-6,11H,(H3,15,16,17,18)/p+1/t11-/m1/s1. The first-order valence-electron chi connectivity index (χ1n) is 6.10. The van der Waals surface area contributed by atoms with Crippen LogP contribution in [0.5, 0.6) is 0 Å². The van der Waals surface area contributed by atoms with Crippen molar-refractivity contribution < 1.29 is 4.57 Å². The lowest BCUT2D eigenvalue weighted by molar-refractivity contribution is -0.673. The van der Waals surface area contributed by atoms with Crippen molar-refractivity contribution in [3.05, 3.63) is 45.1 Å². The molecule has 1 aliphatic rings. The topological polar surface area (TPSA) is 70.1 Å². The van der Waals surface area contributed by atoms with Crippen LogP contribution in [-0.2, 0) is 0 Å².